The Balaban J connectivity index is 1.30. The highest BCUT2D eigenvalue weighted by atomic mass is 16.5. The van der Waals surface area contributed by atoms with Crippen LogP contribution in [0.15, 0.2) is 71.9 Å². The van der Waals surface area contributed by atoms with Gasteiger partial charge in [0.1, 0.15) is 11.5 Å². The summed E-state index contributed by atoms with van der Waals surface area (Å²) in [5, 5.41) is 6.34. The van der Waals surface area contributed by atoms with Crippen molar-refractivity contribution in [2.24, 2.45) is 10.9 Å². The molecule has 2 amide bonds. The summed E-state index contributed by atoms with van der Waals surface area (Å²) in [6, 6.07) is 11.6. The van der Waals surface area contributed by atoms with Crippen LogP contribution in [0, 0.1) is 5.92 Å². The van der Waals surface area contributed by atoms with Crippen molar-refractivity contribution in [2.45, 2.75) is 20.3 Å². The summed E-state index contributed by atoms with van der Waals surface area (Å²) in [6.45, 7) is 7.71. The lowest BCUT2D eigenvalue weighted by atomic mass is 10.1. The van der Waals surface area contributed by atoms with Crippen LogP contribution in [0.1, 0.15) is 29.8 Å². The molecule has 5 rings (SSSR count). The minimum Gasteiger partial charge on any atom is -0.378 e. The minimum absolute atomic E-state index is 0.0194. The lowest BCUT2D eigenvalue weighted by molar-refractivity contribution is -0.120. The van der Waals surface area contributed by atoms with Crippen LogP contribution in [0.3, 0.4) is 0 Å². The number of rotatable bonds is 8. The van der Waals surface area contributed by atoms with Crippen LogP contribution in [-0.2, 0) is 16.0 Å². The normalized spacial score (nSPS) is 17.2. The van der Waals surface area contributed by atoms with E-state index in [4.69, 9.17) is 4.74 Å². The fourth-order valence-corrected chi connectivity index (χ4v) is 4.42. The van der Waals surface area contributed by atoms with Gasteiger partial charge in [0, 0.05) is 37.7 Å². The second-order valence-electron chi connectivity index (χ2n) is 9.88. The summed E-state index contributed by atoms with van der Waals surface area (Å²) < 4.78 is 5.34. The topological polar surface area (TPSA) is 105 Å². The molecule has 3 aliphatic heterocycles. The Hall–Kier alpha value is -4.02. The van der Waals surface area contributed by atoms with Gasteiger partial charge in [0.2, 0.25) is 12.6 Å². The average molecular weight is 516 g/mol. The highest BCUT2D eigenvalue weighted by molar-refractivity contribution is 6.06. The zero-order valence-electron chi connectivity index (χ0n) is 21.8. The summed E-state index contributed by atoms with van der Waals surface area (Å²) in [7, 11) is 0. The Morgan fingerprint density at radius 1 is 1.16 bits per heavy atom. The number of benzene rings is 1. The van der Waals surface area contributed by atoms with E-state index in [0.717, 1.165) is 22.8 Å². The number of carbonyl (C=O) groups excluding carboxylic acids is 2. The first kappa shape index (κ1) is 25.6. The zero-order valence-corrected chi connectivity index (χ0v) is 21.8. The molecule has 197 valence electrons. The Kier molecular flexibility index (Phi) is 7.81. The maximum Gasteiger partial charge on any atom is 0.308 e. The molecule has 10 heteroatoms. The molecule has 1 saturated heterocycles. The van der Waals surface area contributed by atoms with Gasteiger partial charge in [0.25, 0.3) is 5.91 Å². The van der Waals surface area contributed by atoms with E-state index in [2.05, 4.69) is 39.4 Å². The standard InChI is InChI=1S/C28H33N7O3/c1-20(2)16-31-26(36)15-21-4-3-5-23(14-21)35-18-24(27-29-8-9-34(27)19-35)32-25-7-6-22(17-30-25)28(37)33-10-12-38-13-11-33/h3-9,14,17-18,20H,10-13,15-16,19H2,1-2H3,(H,30,32)(H,31,36)/q+1. The first-order valence-corrected chi connectivity index (χ1v) is 12.9. The van der Waals surface area contributed by atoms with Crippen LogP contribution in [-0.4, -0.2) is 67.1 Å². The van der Waals surface area contributed by atoms with Crippen LogP contribution in [0.5, 0.6) is 0 Å². The van der Waals surface area contributed by atoms with E-state index in [1.165, 1.54) is 0 Å². The predicted octanol–water partition coefficient (Wildman–Crippen LogP) is 2.62. The van der Waals surface area contributed by atoms with Crippen LogP contribution >= 0.6 is 0 Å². The number of morpholine rings is 1. The monoisotopic (exact) mass is 515 g/mol. The van der Waals surface area contributed by atoms with Gasteiger partial charge in [-0.2, -0.15) is 4.99 Å². The molecule has 0 atom stereocenters. The van der Waals surface area contributed by atoms with Crippen molar-refractivity contribution < 1.29 is 14.3 Å². The average Bonchev–Trinajstić information content (AvgIpc) is 3.42. The summed E-state index contributed by atoms with van der Waals surface area (Å²) >= 11 is 0. The van der Waals surface area contributed by atoms with E-state index >= 15 is 0 Å². The highest BCUT2D eigenvalue weighted by Crippen LogP contribution is 2.25. The number of anilines is 2. The van der Waals surface area contributed by atoms with Gasteiger partial charge in [-0.1, -0.05) is 30.9 Å². The maximum atomic E-state index is 12.7. The van der Waals surface area contributed by atoms with Gasteiger partial charge in [0.15, 0.2) is 6.20 Å². The number of nitrogens with zero attached hydrogens (tertiary/aromatic N) is 5. The molecule has 4 heterocycles. The van der Waals surface area contributed by atoms with Gasteiger partial charge in [-0.15, -0.1) is 0 Å². The third-order valence-corrected chi connectivity index (χ3v) is 6.43. The van der Waals surface area contributed by atoms with Crippen LogP contribution in [0.4, 0.5) is 11.5 Å². The number of ether oxygens (including phenoxy) is 1. The number of hydrogen-bond donors (Lipinski definition) is 2. The zero-order chi connectivity index (χ0) is 26.5. The summed E-state index contributed by atoms with van der Waals surface area (Å²) in [5.41, 5.74) is 3.25. The molecule has 0 bridgehead atoms. The van der Waals surface area contributed by atoms with Crippen molar-refractivity contribution in [1.82, 2.24) is 20.1 Å². The molecular weight excluding hydrogens is 482 g/mol. The van der Waals surface area contributed by atoms with Gasteiger partial charge < -0.3 is 20.3 Å². The molecule has 38 heavy (non-hydrogen) atoms. The van der Waals surface area contributed by atoms with E-state index in [9.17, 15) is 9.59 Å². The first-order valence-electron chi connectivity index (χ1n) is 12.9. The molecular formula is C28H33N7O3+. The number of amidine groups is 1. The number of aromatic nitrogens is 1. The third-order valence-electron chi connectivity index (χ3n) is 6.43. The summed E-state index contributed by atoms with van der Waals surface area (Å²) in [6.07, 6.45) is 7.62. The number of fused-ring (bicyclic) bond motifs is 1. The molecule has 1 fully saturated rings. The molecule has 3 aliphatic rings. The molecule has 2 N–H and O–H groups in total. The summed E-state index contributed by atoms with van der Waals surface area (Å²) in [4.78, 5) is 40.0. The van der Waals surface area contributed by atoms with E-state index in [-0.39, 0.29) is 11.8 Å². The second-order valence-corrected chi connectivity index (χ2v) is 9.88. The molecule has 0 spiro atoms. The van der Waals surface area contributed by atoms with Crippen molar-refractivity contribution in [3.63, 3.8) is 0 Å². The molecule has 0 aliphatic carbocycles. The molecule has 0 saturated carbocycles. The molecule has 0 unspecified atom stereocenters. The predicted molar refractivity (Wildman–Crippen MR) is 147 cm³/mol. The Labute approximate surface area is 222 Å². The SMILES string of the molecule is CC(C)CNC(=O)Cc1cccc(N2C=C(Nc3ccc(C(=O)N4CCOCC4)cn3)C3=NC=C[N+]3C2)c1. The van der Waals surface area contributed by atoms with Crippen LogP contribution in [0.25, 0.3) is 0 Å². The number of amides is 2. The minimum atomic E-state index is -0.0382. The van der Waals surface area contributed by atoms with Crippen LogP contribution < -0.4 is 20.4 Å². The Morgan fingerprint density at radius 2 is 2.00 bits per heavy atom. The fourth-order valence-electron chi connectivity index (χ4n) is 4.42. The third kappa shape index (κ3) is 6.09. The smallest absolute Gasteiger partial charge is 0.308 e. The van der Waals surface area contributed by atoms with Crippen molar-refractivity contribution in [3.8, 4) is 0 Å². The van der Waals surface area contributed by atoms with E-state index in [1.54, 1.807) is 29.4 Å². The van der Waals surface area contributed by atoms with Gasteiger partial charge in [-0.05, 0) is 35.7 Å². The second kappa shape index (κ2) is 11.6. The number of hydrogen-bond acceptors (Lipinski definition) is 8. The molecule has 1 radical (unpaired) electrons. The van der Waals surface area contributed by atoms with E-state index in [0.29, 0.717) is 63.2 Å². The van der Waals surface area contributed by atoms with Crippen molar-refractivity contribution in [1.29, 1.82) is 0 Å². The lowest BCUT2D eigenvalue weighted by Gasteiger charge is -2.27. The molecule has 1 aromatic heterocycles. The van der Waals surface area contributed by atoms with Crippen molar-refractivity contribution in [2.75, 3.05) is 49.7 Å². The van der Waals surface area contributed by atoms with Crippen molar-refractivity contribution in [3.05, 3.63) is 78.0 Å². The fraction of sp³-hybridized carbons (Fsp3) is 0.357. The Bertz CT molecular complexity index is 1260. The first-order chi connectivity index (χ1) is 18.5. The Morgan fingerprint density at radius 3 is 2.76 bits per heavy atom. The van der Waals surface area contributed by atoms with Crippen molar-refractivity contribution >= 4 is 29.2 Å². The number of nitrogens with one attached hydrogen (secondary N) is 2. The number of aliphatic imine (C=N–C) groups is 1. The van der Waals surface area contributed by atoms with E-state index < -0.39 is 0 Å². The molecule has 2 aromatic rings. The van der Waals surface area contributed by atoms with Crippen LogP contribution in [0.2, 0.25) is 0 Å². The van der Waals surface area contributed by atoms with Gasteiger partial charge in [0.05, 0.1) is 31.4 Å². The van der Waals surface area contributed by atoms with E-state index in [1.807, 2.05) is 41.6 Å². The van der Waals surface area contributed by atoms with Gasteiger partial charge in [-0.25, -0.2) is 4.98 Å². The van der Waals surface area contributed by atoms with Gasteiger partial charge in [-0.3, -0.25) is 14.5 Å². The quantitative estimate of drug-likeness (QED) is 0.524. The summed E-state index contributed by atoms with van der Waals surface area (Å²) in [5.74, 6) is 1.80. The number of pyridine rings is 1. The molecule has 10 nitrogen and oxygen atoms in total. The molecule has 1 aromatic carbocycles. The highest BCUT2D eigenvalue weighted by Gasteiger charge is 2.36. The lowest BCUT2D eigenvalue weighted by Crippen LogP contribution is -2.46. The number of carbonyl (C=O) groups is 2. The van der Waals surface area contributed by atoms with Gasteiger partial charge >= 0.3 is 5.84 Å². The maximum absolute atomic E-state index is 12.7. The largest absolute Gasteiger partial charge is 0.378 e.